The van der Waals surface area contributed by atoms with Gasteiger partial charge in [-0.05, 0) is 32.8 Å². The lowest BCUT2D eigenvalue weighted by Crippen LogP contribution is -2.37. The van der Waals surface area contributed by atoms with E-state index in [4.69, 9.17) is 9.47 Å². The molecular formula is C16H28N4O2. The summed E-state index contributed by atoms with van der Waals surface area (Å²) in [4.78, 5) is 8.45. The third-order valence-corrected chi connectivity index (χ3v) is 3.01. The van der Waals surface area contributed by atoms with E-state index in [0.29, 0.717) is 19.0 Å². The molecule has 1 aromatic heterocycles. The minimum absolute atomic E-state index is 0.608. The fourth-order valence-electron chi connectivity index (χ4n) is 1.91. The van der Waals surface area contributed by atoms with Gasteiger partial charge in [-0.2, -0.15) is 0 Å². The van der Waals surface area contributed by atoms with Crippen LogP contribution >= 0.6 is 0 Å². The molecule has 0 saturated heterocycles. The van der Waals surface area contributed by atoms with Gasteiger partial charge in [-0.15, -0.1) is 0 Å². The predicted octanol–water partition coefficient (Wildman–Crippen LogP) is 1.96. The number of aliphatic imine (C=N–C) groups is 1. The molecule has 0 aliphatic heterocycles. The van der Waals surface area contributed by atoms with E-state index in [1.807, 2.05) is 26.0 Å². The highest BCUT2D eigenvalue weighted by Crippen LogP contribution is 2.13. The Hall–Kier alpha value is -1.82. The minimum atomic E-state index is 0.608. The lowest BCUT2D eigenvalue weighted by Gasteiger charge is -2.13. The summed E-state index contributed by atoms with van der Waals surface area (Å²) in [6.07, 6.45) is 3.84. The zero-order valence-corrected chi connectivity index (χ0v) is 13.9. The third kappa shape index (κ3) is 7.26. The molecule has 0 saturated carbocycles. The summed E-state index contributed by atoms with van der Waals surface area (Å²) in [5, 5.41) is 6.56. The number of nitrogens with one attached hydrogen (secondary N) is 2. The number of rotatable bonds is 10. The first-order valence-corrected chi connectivity index (χ1v) is 7.90. The van der Waals surface area contributed by atoms with Gasteiger partial charge in [-0.25, -0.2) is 4.98 Å². The maximum absolute atomic E-state index is 5.51. The average molecular weight is 308 g/mol. The second-order valence-corrected chi connectivity index (χ2v) is 4.66. The Morgan fingerprint density at radius 3 is 2.82 bits per heavy atom. The van der Waals surface area contributed by atoms with Gasteiger partial charge in [0.2, 0.25) is 5.88 Å². The monoisotopic (exact) mass is 308 g/mol. The summed E-state index contributed by atoms with van der Waals surface area (Å²) in [7, 11) is 1.77. The zero-order chi connectivity index (χ0) is 16.0. The Bertz CT molecular complexity index is 438. The molecule has 6 heteroatoms. The predicted molar refractivity (Wildman–Crippen MR) is 89.3 cm³/mol. The summed E-state index contributed by atoms with van der Waals surface area (Å²) in [5.74, 6) is 1.45. The van der Waals surface area contributed by atoms with E-state index >= 15 is 0 Å². The van der Waals surface area contributed by atoms with Gasteiger partial charge in [0.25, 0.3) is 0 Å². The van der Waals surface area contributed by atoms with Crippen LogP contribution < -0.4 is 15.4 Å². The highest BCUT2D eigenvalue weighted by atomic mass is 16.5. The van der Waals surface area contributed by atoms with Crippen LogP contribution in [0.1, 0.15) is 32.3 Å². The molecule has 1 aromatic rings. The largest absolute Gasteiger partial charge is 0.478 e. The number of guanidine groups is 1. The maximum atomic E-state index is 5.51. The van der Waals surface area contributed by atoms with E-state index < -0.39 is 0 Å². The standard InChI is InChI=1S/C16H28N4O2/c1-4-21-12-7-6-10-19-16(17-3)20-13-14-9-8-11-18-15(14)22-5-2/h8-9,11H,4-7,10,12-13H2,1-3H3,(H2,17,19,20). The third-order valence-electron chi connectivity index (χ3n) is 3.01. The van der Waals surface area contributed by atoms with Crippen LogP contribution in [0.25, 0.3) is 0 Å². The molecule has 0 amide bonds. The Labute approximate surface area is 133 Å². The summed E-state index contributed by atoms with van der Waals surface area (Å²) in [5.41, 5.74) is 1.02. The van der Waals surface area contributed by atoms with Crippen molar-refractivity contribution in [2.45, 2.75) is 33.2 Å². The van der Waals surface area contributed by atoms with Crippen molar-refractivity contribution in [3.63, 3.8) is 0 Å². The summed E-state index contributed by atoms with van der Waals surface area (Å²) >= 11 is 0. The van der Waals surface area contributed by atoms with Gasteiger partial charge in [-0.1, -0.05) is 6.07 Å². The molecule has 124 valence electrons. The highest BCUT2D eigenvalue weighted by Gasteiger charge is 2.05. The summed E-state index contributed by atoms with van der Waals surface area (Å²) < 4.78 is 10.8. The van der Waals surface area contributed by atoms with Crippen LogP contribution in [0.4, 0.5) is 0 Å². The van der Waals surface area contributed by atoms with E-state index in [0.717, 1.165) is 44.1 Å². The molecule has 2 N–H and O–H groups in total. The van der Waals surface area contributed by atoms with Gasteiger partial charge in [0.05, 0.1) is 6.61 Å². The van der Waals surface area contributed by atoms with Crippen molar-refractivity contribution in [1.29, 1.82) is 0 Å². The molecule has 0 aliphatic rings. The normalized spacial score (nSPS) is 11.3. The lowest BCUT2D eigenvalue weighted by molar-refractivity contribution is 0.143. The van der Waals surface area contributed by atoms with E-state index in [1.54, 1.807) is 13.2 Å². The first-order valence-electron chi connectivity index (χ1n) is 7.90. The molecule has 0 radical (unpaired) electrons. The van der Waals surface area contributed by atoms with Crippen LogP contribution in [0, 0.1) is 0 Å². The van der Waals surface area contributed by atoms with Crippen LogP contribution in [-0.4, -0.2) is 44.4 Å². The van der Waals surface area contributed by atoms with Crippen LogP contribution in [0.5, 0.6) is 5.88 Å². The van der Waals surface area contributed by atoms with Crippen molar-refractivity contribution in [2.75, 3.05) is 33.4 Å². The second kappa shape index (κ2) is 11.8. The number of pyridine rings is 1. The topological polar surface area (TPSA) is 67.8 Å². The van der Waals surface area contributed by atoms with Crippen molar-refractivity contribution in [3.8, 4) is 5.88 Å². The molecular weight excluding hydrogens is 280 g/mol. The Kier molecular flexibility index (Phi) is 9.78. The molecule has 0 fully saturated rings. The Morgan fingerprint density at radius 2 is 2.09 bits per heavy atom. The van der Waals surface area contributed by atoms with Crippen molar-refractivity contribution in [1.82, 2.24) is 15.6 Å². The van der Waals surface area contributed by atoms with Crippen molar-refractivity contribution in [2.24, 2.45) is 4.99 Å². The van der Waals surface area contributed by atoms with E-state index in [-0.39, 0.29) is 0 Å². The van der Waals surface area contributed by atoms with Gasteiger partial charge in [0.15, 0.2) is 5.96 Å². The first-order chi connectivity index (χ1) is 10.8. The van der Waals surface area contributed by atoms with Crippen LogP contribution in [-0.2, 0) is 11.3 Å². The van der Waals surface area contributed by atoms with Crippen molar-refractivity contribution < 1.29 is 9.47 Å². The van der Waals surface area contributed by atoms with Gasteiger partial charge < -0.3 is 20.1 Å². The molecule has 0 aliphatic carbocycles. The SMILES string of the molecule is CCOCCCCNC(=NC)NCc1cccnc1OCC. The first kappa shape index (κ1) is 18.2. The van der Waals surface area contributed by atoms with Crippen LogP contribution in [0.2, 0.25) is 0 Å². The number of hydrogen-bond acceptors (Lipinski definition) is 4. The fraction of sp³-hybridized carbons (Fsp3) is 0.625. The van der Waals surface area contributed by atoms with Gasteiger partial charge in [0.1, 0.15) is 0 Å². The lowest BCUT2D eigenvalue weighted by atomic mass is 10.2. The number of aromatic nitrogens is 1. The fourth-order valence-corrected chi connectivity index (χ4v) is 1.91. The van der Waals surface area contributed by atoms with E-state index in [1.165, 1.54) is 0 Å². The summed E-state index contributed by atoms with van der Waals surface area (Å²) in [6, 6.07) is 3.91. The number of unbranched alkanes of at least 4 members (excludes halogenated alkanes) is 1. The molecule has 1 heterocycles. The molecule has 0 aromatic carbocycles. The Balaban J connectivity index is 2.32. The highest BCUT2D eigenvalue weighted by molar-refractivity contribution is 5.79. The van der Waals surface area contributed by atoms with Gasteiger partial charge in [0, 0.05) is 45.1 Å². The molecule has 0 spiro atoms. The van der Waals surface area contributed by atoms with Crippen molar-refractivity contribution >= 4 is 5.96 Å². The molecule has 6 nitrogen and oxygen atoms in total. The smallest absolute Gasteiger partial charge is 0.218 e. The minimum Gasteiger partial charge on any atom is -0.478 e. The van der Waals surface area contributed by atoms with Gasteiger partial charge >= 0.3 is 0 Å². The quantitative estimate of drug-likeness (QED) is 0.393. The zero-order valence-electron chi connectivity index (χ0n) is 13.9. The average Bonchev–Trinajstić information content (AvgIpc) is 2.55. The number of hydrogen-bond donors (Lipinski definition) is 2. The van der Waals surface area contributed by atoms with Crippen LogP contribution in [0.15, 0.2) is 23.3 Å². The molecule has 0 atom stereocenters. The van der Waals surface area contributed by atoms with Gasteiger partial charge in [-0.3, -0.25) is 4.99 Å². The number of nitrogens with zero attached hydrogens (tertiary/aromatic N) is 2. The van der Waals surface area contributed by atoms with Crippen LogP contribution in [0.3, 0.4) is 0 Å². The summed E-state index contributed by atoms with van der Waals surface area (Å²) in [6.45, 7) is 7.67. The molecule has 0 unspecified atom stereocenters. The Morgan fingerprint density at radius 1 is 1.23 bits per heavy atom. The molecule has 1 rings (SSSR count). The maximum Gasteiger partial charge on any atom is 0.218 e. The number of ether oxygens (including phenoxy) is 2. The molecule has 22 heavy (non-hydrogen) atoms. The van der Waals surface area contributed by atoms with E-state index in [9.17, 15) is 0 Å². The van der Waals surface area contributed by atoms with Crippen molar-refractivity contribution in [3.05, 3.63) is 23.9 Å². The van der Waals surface area contributed by atoms with E-state index in [2.05, 4.69) is 20.6 Å². The molecule has 0 bridgehead atoms. The second-order valence-electron chi connectivity index (χ2n) is 4.66.